The van der Waals surface area contributed by atoms with Gasteiger partial charge in [0.05, 0.1) is 12.3 Å². The van der Waals surface area contributed by atoms with E-state index in [0.29, 0.717) is 18.7 Å². The summed E-state index contributed by atoms with van der Waals surface area (Å²) in [7, 11) is 0. The maximum absolute atomic E-state index is 10.1. The average molecular weight is 221 g/mol. The molecule has 88 valence electrons. The second-order valence-corrected chi connectivity index (χ2v) is 3.91. The number of ether oxygens (including phenoxy) is 1. The van der Waals surface area contributed by atoms with Gasteiger partial charge in [-0.25, -0.2) is 0 Å². The van der Waals surface area contributed by atoms with Crippen LogP contribution in [0, 0.1) is 6.92 Å². The minimum atomic E-state index is 0.645. The van der Waals surface area contributed by atoms with Crippen LogP contribution in [0.2, 0.25) is 0 Å². The summed E-state index contributed by atoms with van der Waals surface area (Å²) in [5.74, 6) is 0.760. The molecular formula is C13H19NO2. The third-order valence-corrected chi connectivity index (χ3v) is 2.39. The molecule has 1 rings (SSSR count). The van der Waals surface area contributed by atoms with Crippen molar-refractivity contribution in [1.29, 1.82) is 0 Å². The van der Waals surface area contributed by atoms with E-state index in [9.17, 15) is 4.79 Å². The van der Waals surface area contributed by atoms with E-state index >= 15 is 0 Å². The van der Waals surface area contributed by atoms with Crippen LogP contribution in [0.1, 0.15) is 31.2 Å². The largest absolute Gasteiger partial charge is 0.491 e. The molecule has 0 amide bonds. The Hall–Kier alpha value is -1.51. The highest BCUT2D eigenvalue weighted by Gasteiger charge is 1.99. The smallest absolute Gasteiger partial charge is 0.142 e. The lowest BCUT2D eigenvalue weighted by Crippen LogP contribution is -2.00. The lowest BCUT2D eigenvalue weighted by Gasteiger charge is -2.09. The van der Waals surface area contributed by atoms with E-state index in [2.05, 4.69) is 0 Å². The first-order chi connectivity index (χ1) is 7.74. The number of aldehydes is 1. The van der Waals surface area contributed by atoms with E-state index in [1.165, 1.54) is 0 Å². The molecule has 3 heteroatoms. The first-order valence-corrected chi connectivity index (χ1v) is 5.66. The van der Waals surface area contributed by atoms with Gasteiger partial charge >= 0.3 is 0 Å². The molecule has 0 spiro atoms. The summed E-state index contributed by atoms with van der Waals surface area (Å²) in [6.07, 6.45) is 4.52. The van der Waals surface area contributed by atoms with Gasteiger partial charge in [-0.2, -0.15) is 0 Å². The van der Waals surface area contributed by atoms with Crippen LogP contribution in [0.3, 0.4) is 0 Å². The Morgan fingerprint density at radius 1 is 1.31 bits per heavy atom. The second kappa shape index (κ2) is 6.88. The molecule has 0 saturated heterocycles. The Morgan fingerprint density at radius 2 is 2.12 bits per heavy atom. The van der Waals surface area contributed by atoms with Crippen LogP contribution in [-0.2, 0) is 4.79 Å². The third-order valence-electron chi connectivity index (χ3n) is 2.39. The van der Waals surface area contributed by atoms with Crippen molar-refractivity contribution < 1.29 is 9.53 Å². The zero-order valence-corrected chi connectivity index (χ0v) is 9.74. The number of hydrogen-bond acceptors (Lipinski definition) is 3. The van der Waals surface area contributed by atoms with Gasteiger partial charge in [0.15, 0.2) is 0 Å². The number of hydrogen-bond donors (Lipinski definition) is 1. The van der Waals surface area contributed by atoms with Crippen LogP contribution in [0.15, 0.2) is 18.2 Å². The molecular weight excluding hydrogens is 202 g/mol. The fourth-order valence-electron chi connectivity index (χ4n) is 1.46. The van der Waals surface area contributed by atoms with Crippen molar-refractivity contribution in [3.8, 4) is 5.75 Å². The highest BCUT2D eigenvalue weighted by molar-refractivity contribution is 5.53. The molecule has 0 aromatic heterocycles. The van der Waals surface area contributed by atoms with Crippen LogP contribution < -0.4 is 10.5 Å². The van der Waals surface area contributed by atoms with Gasteiger partial charge in [-0.05, 0) is 43.9 Å². The number of aryl methyl sites for hydroxylation is 1. The van der Waals surface area contributed by atoms with Crippen LogP contribution in [0.5, 0.6) is 5.75 Å². The number of unbranched alkanes of at least 4 members (excludes halogenated alkanes) is 3. The molecule has 0 saturated carbocycles. The Morgan fingerprint density at radius 3 is 2.88 bits per heavy atom. The molecule has 0 aliphatic carbocycles. The summed E-state index contributed by atoms with van der Waals surface area (Å²) >= 11 is 0. The average Bonchev–Trinajstić information content (AvgIpc) is 2.28. The number of nitrogen functional groups attached to an aromatic ring is 1. The van der Waals surface area contributed by atoms with E-state index in [1.807, 2.05) is 25.1 Å². The van der Waals surface area contributed by atoms with Crippen LogP contribution >= 0.6 is 0 Å². The van der Waals surface area contributed by atoms with Crippen LogP contribution in [0.25, 0.3) is 0 Å². The maximum Gasteiger partial charge on any atom is 0.142 e. The Bertz CT molecular complexity index is 337. The fraction of sp³-hybridized carbons (Fsp3) is 0.462. The van der Waals surface area contributed by atoms with Crippen molar-refractivity contribution in [1.82, 2.24) is 0 Å². The molecule has 0 heterocycles. The van der Waals surface area contributed by atoms with Gasteiger partial charge in [-0.3, -0.25) is 0 Å². The zero-order chi connectivity index (χ0) is 11.8. The number of benzene rings is 1. The molecule has 3 nitrogen and oxygen atoms in total. The molecule has 1 aromatic rings. The highest BCUT2D eigenvalue weighted by atomic mass is 16.5. The van der Waals surface area contributed by atoms with Gasteiger partial charge in [-0.1, -0.05) is 6.07 Å². The molecule has 0 aliphatic heterocycles. The molecule has 0 atom stereocenters. The summed E-state index contributed by atoms with van der Waals surface area (Å²) in [5.41, 5.74) is 7.60. The van der Waals surface area contributed by atoms with E-state index in [-0.39, 0.29) is 0 Å². The van der Waals surface area contributed by atoms with Crippen molar-refractivity contribution in [3.05, 3.63) is 23.8 Å². The number of carbonyl (C=O) groups excluding carboxylic acids is 1. The maximum atomic E-state index is 10.1. The molecule has 0 radical (unpaired) electrons. The lowest BCUT2D eigenvalue weighted by atomic mass is 10.2. The molecule has 0 bridgehead atoms. The van der Waals surface area contributed by atoms with E-state index in [1.54, 1.807) is 0 Å². The van der Waals surface area contributed by atoms with E-state index in [4.69, 9.17) is 10.5 Å². The Labute approximate surface area is 96.6 Å². The minimum Gasteiger partial charge on any atom is -0.491 e. The first-order valence-electron chi connectivity index (χ1n) is 5.66. The van der Waals surface area contributed by atoms with Crippen molar-refractivity contribution in [2.24, 2.45) is 0 Å². The highest BCUT2D eigenvalue weighted by Crippen LogP contribution is 2.22. The molecule has 0 aliphatic rings. The van der Waals surface area contributed by atoms with Crippen molar-refractivity contribution in [2.75, 3.05) is 12.3 Å². The Kier molecular flexibility index (Phi) is 5.40. The monoisotopic (exact) mass is 221 g/mol. The quantitative estimate of drug-likeness (QED) is 0.437. The molecule has 16 heavy (non-hydrogen) atoms. The summed E-state index contributed by atoms with van der Waals surface area (Å²) in [5, 5.41) is 0. The van der Waals surface area contributed by atoms with Crippen molar-refractivity contribution in [3.63, 3.8) is 0 Å². The molecule has 0 fully saturated rings. The predicted molar refractivity (Wildman–Crippen MR) is 65.6 cm³/mol. The molecule has 1 aromatic carbocycles. The SMILES string of the molecule is Cc1ccc(N)c(OCCCCCC=O)c1. The summed E-state index contributed by atoms with van der Waals surface area (Å²) < 4.78 is 5.58. The summed E-state index contributed by atoms with van der Waals surface area (Å²) in [6, 6.07) is 5.77. The zero-order valence-electron chi connectivity index (χ0n) is 9.74. The fourth-order valence-corrected chi connectivity index (χ4v) is 1.46. The van der Waals surface area contributed by atoms with Crippen LogP contribution in [0.4, 0.5) is 5.69 Å². The summed E-state index contributed by atoms with van der Waals surface area (Å²) in [4.78, 5) is 10.1. The van der Waals surface area contributed by atoms with E-state index in [0.717, 1.165) is 36.9 Å². The van der Waals surface area contributed by atoms with Gasteiger partial charge in [0.25, 0.3) is 0 Å². The van der Waals surface area contributed by atoms with Gasteiger partial charge < -0.3 is 15.3 Å². The number of anilines is 1. The van der Waals surface area contributed by atoms with Gasteiger partial charge in [0, 0.05) is 6.42 Å². The van der Waals surface area contributed by atoms with E-state index < -0.39 is 0 Å². The minimum absolute atomic E-state index is 0.645. The number of nitrogens with two attached hydrogens (primary N) is 1. The Balaban J connectivity index is 2.26. The standard InChI is InChI=1S/C13H19NO2/c1-11-6-7-12(14)13(10-11)16-9-5-3-2-4-8-15/h6-8,10H,2-5,9,14H2,1H3. The topological polar surface area (TPSA) is 52.3 Å². The third kappa shape index (κ3) is 4.34. The first kappa shape index (κ1) is 12.6. The van der Waals surface area contributed by atoms with Gasteiger partial charge in [0.2, 0.25) is 0 Å². The van der Waals surface area contributed by atoms with Crippen molar-refractivity contribution >= 4 is 12.0 Å². The lowest BCUT2D eigenvalue weighted by molar-refractivity contribution is -0.107. The number of rotatable bonds is 7. The summed E-state index contributed by atoms with van der Waals surface area (Å²) in [6.45, 7) is 2.67. The second-order valence-electron chi connectivity index (χ2n) is 3.91. The molecule has 0 unspecified atom stereocenters. The molecule has 2 N–H and O–H groups in total. The predicted octanol–water partition coefficient (Wildman–Crippen LogP) is 2.72. The van der Waals surface area contributed by atoms with Gasteiger partial charge in [-0.15, -0.1) is 0 Å². The van der Waals surface area contributed by atoms with Crippen molar-refractivity contribution in [2.45, 2.75) is 32.6 Å². The normalized spacial score (nSPS) is 10.1. The van der Waals surface area contributed by atoms with Crippen LogP contribution in [-0.4, -0.2) is 12.9 Å². The number of carbonyl (C=O) groups is 1. The van der Waals surface area contributed by atoms with Gasteiger partial charge in [0.1, 0.15) is 12.0 Å².